The maximum atomic E-state index is 12.4. The predicted octanol–water partition coefficient (Wildman–Crippen LogP) is 3.69. The highest BCUT2D eigenvalue weighted by molar-refractivity contribution is 6.13. The van der Waals surface area contributed by atoms with Gasteiger partial charge in [-0.05, 0) is 30.7 Å². The molecule has 0 radical (unpaired) electrons. The minimum atomic E-state index is -1.23. The molecule has 5 heteroatoms. The van der Waals surface area contributed by atoms with E-state index in [1.54, 1.807) is 36.4 Å². The molecule has 0 aliphatic heterocycles. The summed E-state index contributed by atoms with van der Waals surface area (Å²) in [5, 5.41) is 12.5. The summed E-state index contributed by atoms with van der Waals surface area (Å²) in [7, 11) is 0. The van der Waals surface area contributed by atoms with Gasteiger partial charge in [0.05, 0.1) is 0 Å². The van der Waals surface area contributed by atoms with E-state index < -0.39 is 5.97 Å². The molecule has 0 atom stereocenters. The number of carboxylic acid groups (broad SMARTS) is 1. The van der Waals surface area contributed by atoms with Gasteiger partial charge in [0.15, 0.2) is 0 Å². The molecule has 0 spiro atoms. The van der Waals surface area contributed by atoms with E-state index in [9.17, 15) is 14.7 Å². The lowest BCUT2D eigenvalue weighted by Crippen LogP contribution is -2.15. The third-order valence-electron chi connectivity index (χ3n) is 3.42. The Kier molecular flexibility index (Phi) is 3.39. The zero-order valence-corrected chi connectivity index (χ0v) is 11.8. The van der Waals surface area contributed by atoms with Crippen molar-refractivity contribution in [1.29, 1.82) is 0 Å². The highest BCUT2D eigenvalue weighted by atomic mass is 16.4. The fourth-order valence-corrected chi connectivity index (χ4v) is 2.33. The van der Waals surface area contributed by atoms with Crippen molar-refractivity contribution in [2.75, 3.05) is 5.32 Å². The summed E-state index contributed by atoms with van der Waals surface area (Å²) < 4.78 is 5.31. The zero-order chi connectivity index (χ0) is 15.7. The first-order valence-electron chi connectivity index (χ1n) is 6.69. The molecule has 1 heterocycles. The number of carbonyl (C=O) groups is 2. The molecule has 110 valence electrons. The summed E-state index contributed by atoms with van der Waals surface area (Å²) in [6, 6.07) is 14.0. The van der Waals surface area contributed by atoms with Crippen LogP contribution in [0.2, 0.25) is 0 Å². The van der Waals surface area contributed by atoms with Gasteiger partial charge in [0.1, 0.15) is 11.3 Å². The van der Waals surface area contributed by atoms with Crippen LogP contribution in [-0.4, -0.2) is 17.0 Å². The van der Waals surface area contributed by atoms with Gasteiger partial charge in [-0.15, -0.1) is 0 Å². The standard InChI is InChI=1S/C17H13NO4/c1-10-6-2-3-7-11(10)16(19)18-14-12-8-4-5-9-13(12)22-15(14)17(20)21/h2-9H,1H3,(H,18,19)(H,20,21). The predicted molar refractivity (Wildman–Crippen MR) is 82.3 cm³/mol. The van der Waals surface area contributed by atoms with Crippen LogP contribution in [0, 0.1) is 6.92 Å². The van der Waals surface area contributed by atoms with Gasteiger partial charge in [0.25, 0.3) is 5.91 Å². The van der Waals surface area contributed by atoms with E-state index in [0.717, 1.165) is 5.56 Å². The van der Waals surface area contributed by atoms with Crippen LogP contribution >= 0.6 is 0 Å². The van der Waals surface area contributed by atoms with E-state index in [-0.39, 0.29) is 17.4 Å². The van der Waals surface area contributed by atoms with Crippen molar-refractivity contribution in [3.63, 3.8) is 0 Å². The summed E-state index contributed by atoms with van der Waals surface area (Å²) in [5.74, 6) is -1.87. The summed E-state index contributed by atoms with van der Waals surface area (Å²) in [4.78, 5) is 23.7. The van der Waals surface area contributed by atoms with E-state index in [1.165, 1.54) is 0 Å². The SMILES string of the molecule is Cc1ccccc1C(=O)Nc1c(C(=O)O)oc2ccccc12. The molecule has 0 bridgehead atoms. The van der Waals surface area contributed by atoms with Crippen LogP contribution in [0.4, 0.5) is 5.69 Å². The van der Waals surface area contributed by atoms with Crippen molar-refractivity contribution in [3.8, 4) is 0 Å². The quantitative estimate of drug-likeness (QED) is 0.772. The number of amides is 1. The number of aromatic carboxylic acids is 1. The largest absolute Gasteiger partial charge is 0.475 e. The number of hydrogen-bond acceptors (Lipinski definition) is 3. The second kappa shape index (κ2) is 5.37. The summed E-state index contributed by atoms with van der Waals surface area (Å²) in [6.45, 7) is 1.82. The average Bonchev–Trinajstić information content (AvgIpc) is 2.87. The number of aryl methyl sites for hydroxylation is 1. The molecule has 5 nitrogen and oxygen atoms in total. The molecular weight excluding hydrogens is 282 g/mol. The van der Waals surface area contributed by atoms with Crippen molar-refractivity contribution < 1.29 is 19.1 Å². The molecule has 22 heavy (non-hydrogen) atoms. The van der Waals surface area contributed by atoms with Gasteiger partial charge in [-0.1, -0.05) is 30.3 Å². The summed E-state index contributed by atoms with van der Waals surface area (Å²) in [5.41, 5.74) is 1.89. The third-order valence-corrected chi connectivity index (χ3v) is 3.42. The van der Waals surface area contributed by atoms with Gasteiger partial charge in [0.2, 0.25) is 5.76 Å². The summed E-state index contributed by atoms with van der Waals surface area (Å²) >= 11 is 0. The molecule has 3 rings (SSSR count). The Bertz CT molecular complexity index is 879. The van der Waals surface area contributed by atoms with Crippen molar-refractivity contribution >= 4 is 28.5 Å². The lowest BCUT2D eigenvalue weighted by molar-refractivity contribution is 0.0666. The highest BCUT2D eigenvalue weighted by Crippen LogP contribution is 2.31. The van der Waals surface area contributed by atoms with Crippen molar-refractivity contribution in [2.45, 2.75) is 6.92 Å². The van der Waals surface area contributed by atoms with E-state index in [2.05, 4.69) is 5.32 Å². The Morgan fingerprint density at radius 2 is 1.73 bits per heavy atom. The van der Waals surface area contributed by atoms with E-state index in [4.69, 9.17) is 4.42 Å². The maximum Gasteiger partial charge on any atom is 0.374 e. The molecule has 0 saturated carbocycles. The van der Waals surface area contributed by atoms with Gasteiger partial charge in [0, 0.05) is 10.9 Å². The molecule has 0 fully saturated rings. The maximum absolute atomic E-state index is 12.4. The van der Waals surface area contributed by atoms with E-state index in [0.29, 0.717) is 16.5 Å². The Hall–Kier alpha value is -3.08. The van der Waals surface area contributed by atoms with E-state index in [1.807, 2.05) is 19.1 Å². The van der Waals surface area contributed by atoms with E-state index >= 15 is 0 Å². The van der Waals surface area contributed by atoms with Gasteiger partial charge in [-0.25, -0.2) is 4.79 Å². The van der Waals surface area contributed by atoms with Crippen molar-refractivity contribution in [3.05, 3.63) is 65.4 Å². The molecule has 0 aliphatic rings. The Balaban J connectivity index is 2.07. The number of benzene rings is 2. The fourth-order valence-electron chi connectivity index (χ4n) is 2.33. The summed E-state index contributed by atoms with van der Waals surface area (Å²) in [6.07, 6.45) is 0. The number of hydrogen-bond donors (Lipinski definition) is 2. The Morgan fingerprint density at radius 1 is 1.05 bits per heavy atom. The smallest absolute Gasteiger partial charge is 0.374 e. The minimum Gasteiger partial charge on any atom is -0.475 e. The normalized spacial score (nSPS) is 10.6. The van der Waals surface area contributed by atoms with Gasteiger partial charge >= 0.3 is 5.97 Å². The number of nitrogens with one attached hydrogen (secondary N) is 1. The zero-order valence-electron chi connectivity index (χ0n) is 11.8. The first-order chi connectivity index (χ1) is 10.6. The van der Waals surface area contributed by atoms with Gasteiger partial charge in [-0.2, -0.15) is 0 Å². The Labute approximate surface area is 126 Å². The monoisotopic (exact) mass is 295 g/mol. The van der Waals surface area contributed by atoms with Crippen LogP contribution in [-0.2, 0) is 0 Å². The molecular formula is C17H13NO4. The number of carboxylic acids is 1. The Morgan fingerprint density at radius 3 is 2.45 bits per heavy atom. The molecule has 2 aromatic carbocycles. The highest BCUT2D eigenvalue weighted by Gasteiger charge is 2.22. The third kappa shape index (κ3) is 2.33. The van der Waals surface area contributed by atoms with Crippen molar-refractivity contribution in [2.24, 2.45) is 0 Å². The fraction of sp³-hybridized carbons (Fsp3) is 0.0588. The lowest BCUT2D eigenvalue weighted by atomic mass is 10.1. The van der Waals surface area contributed by atoms with Crippen LogP contribution in [0.5, 0.6) is 0 Å². The molecule has 1 amide bonds. The number of carbonyl (C=O) groups excluding carboxylic acids is 1. The number of para-hydroxylation sites is 1. The van der Waals surface area contributed by atoms with Crippen molar-refractivity contribution in [1.82, 2.24) is 0 Å². The van der Waals surface area contributed by atoms with Gasteiger partial charge in [-0.3, -0.25) is 4.79 Å². The van der Waals surface area contributed by atoms with Crippen LogP contribution < -0.4 is 5.32 Å². The van der Waals surface area contributed by atoms with Gasteiger partial charge < -0.3 is 14.8 Å². The molecule has 0 aliphatic carbocycles. The van der Waals surface area contributed by atoms with Crippen LogP contribution in [0.1, 0.15) is 26.5 Å². The first kappa shape index (κ1) is 13.9. The number of rotatable bonds is 3. The molecule has 3 aromatic rings. The second-order valence-electron chi connectivity index (χ2n) is 4.88. The minimum absolute atomic E-state index is 0.177. The number of fused-ring (bicyclic) bond motifs is 1. The average molecular weight is 295 g/mol. The second-order valence-corrected chi connectivity index (χ2v) is 4.88. The van der Waals surface area contributed by atoms with Crippen LogP contribution in [0.25, 0.3) is 11.0 Å². The number of furan rings is 1. The lowest BCUT2D eigenvalue weighted by Gasteiger charge is -2.07. The topological polar surface area (TPSA) is 79.5 Å². The molecule has 1 aromatic heterocycles. The van der Waals surface area contributed by atoms with Crippen LogP contribution in [0.15, 0.2) is 52.9 Å². The number of anilines is 1. The first-order valence-corrected chi connectivity index (χ1v) is 6.69. The van der Waals surface area contributed by atoms with Crippen LogP contribution in [0.3, 0.4) is 0 Å². The molecule has 2 N–H and O–H groups in total. The molecule has 0 saturated heterocycles. The molecule has 0 unspecified atom stereocenters.